The van der Waals surface area contributed by atoms with Gasteiger partial charge in [-0.2, -0.15) is 0 Å². The highest BCUT2D eigenvalue weighted by molar-refractivity contribution is 5.40. The van der Waals surface area contributed by atoms with Gasteiger partial charge in [-0.3, -0.25) is 0 Å². The molecule has 13 heavy (non-hydrogen) atoms. The third kappa shape index (κ3) is 1.10. The van der Waals surface area contributed by atoms with Crippen molar-refractivity contribution >= 4 is 0 Å². The van der Waals surface area contributed by atoms with Crippen molar-refractivity contribution in [3.63, 3.8) is 0 Å². The summed E-state index contributed by atoms with van der Waals surface area (Å²) < 4.78 is 0. The molecule has 2 heteroatoms. The van der Waals surface area contributed by atoms with Crippen LogP contribution in [0.3, 0.4) is 0 Å². The van der Waals surface area contributed by atoms with Gasteiger partial charge in [-0.1, -0.05) is 24.3 Å². The molecular weight excluding hydrogens is 162 g/mol. The van der Waals surface area contributed by atoms with Crippen molar-refractivity contribution in [1.29, 1.82) is 0 Å². The Balaban J connectivity index is 2.52. The molecule has 0 bridgehead atoms. The van der Waals surface area contributed by atoms with Gasteiger partial charge in [0.05, 0.1) is 11.6 Å². The van der Waals surface area contributed by atoms with Crippen molar-refractivity contribution in [2.45, 2.75) is 25.0 Å². The molecule has 2 N–H and O–H groups in total. The van der Waals surface area contributed by atoms with E-state index in [1.807, 2.05) is 26.1 Å². The van der Waals surface area contributed by atoms with Crippen LogP contribution in [0.2, 0.25) is 0 Å². The molecule has 1 aliphatic carbocycles. The summed E-state index contributed by atoms with van der Waals surface area (Å²) in [6, 6.07) is 8.21. The Kier molecular flexibility index (Phi) is 1.90. The molecule has 1 aromatic rings. The van der Waals surface area contributed by atoms with Gasteiger partial charge < -0.3 is 10.4 Å². The first-order chi connectivity index (χ1) is 6.18. The van der Waals surface area contributed by atoms with Crippen LogP contribution in [0.5, 0.6) is 0 Å². The molecule has 1 aliphatic rings. The lowest BCUT2D eigenvalue weighted by Crippen LogP contribution is -2.44. The van der Waals surface area contributed by atoms with Crippen LogP contribution in [0.4, 0.5) is 0 Å². The van der Waals surface area contributed by atoms with Crippen molar-refractivity contribution in [2.24, 2.45) is 0 Å². The lowest BCUT2D eigenvalue weighted by atomic mass is 9.93. The van der Waals surface area contributed by atoms with E-state index >= 15 is 0 Å². The highest BCUT2D eigenvalue weighted by Gasteiger charge is 2.40. The van der Waals surface area contributed by atoms with Crippen molar-refractivity contribution in [3.05, 3.63) is 35.4 Å². The van der Waals surface area contributed by atoms with E-state index in [1.165, 1.54) is 11.1 Å². The molecule has 2 atom stereocenters. The Morgan fingerprint density at radius 2 is 2.15 bits per heavy atom. The van der Waals surface area contributed by atoms with Gasteiger partial charge in [-0.15, -0.1) is 0 Å². The number of aliphatic hydroxyl groups excluding tert-OH is 1. The Hall–Kier alpha value is -0.860. The van der Waals surface area contributed by atoms with Gasteiger partial charge >= 0.3 is 0 Å². The zero-order valence-corrected chi connectivity index (χ0v) is 8.04. The van der Waals surface area contributed by atoms with Crippen LogP contribution in [-0.2, 0) is 12.0 Å². The maximum atomic E-state index is 9.91. The molecule has 0 spiro atoms. The Labute approximate surface area is 78.6 Å². The second kappa shape index (κ2) is 2.82. The van der Waals surface area contributed by atoms with Crippen LogP contribution in [0, 0.1) is 0 Å². The van der Waals surface area contributed by atoms with E-state index < -0.39 is 0 Å². The molecular formula is C11H15NO. The monoisotopic (exact) mass is 177 g/mol. The summed E-state index contributed by atoms with van der Waals surface area (Å²) >= 11 is 0. The largest absolute Gasteiger partial charge is 0.391 e. The number of hydrogen-bond acceptors (Lipinski definition) is 2. The fourth-order valence-corrected chi connectivity index (χ4v) is 2.10. The topological polar surface area (TPSA) is 32.3 Å². The molecule has 0 saturated carbocycles. The van der Waals surface area contributed by atoms with E-state index in [-0.39, 0.29) is 11.6 Å². The maximum Gasteiger partial charge on any atom is 0.0801 e. The second-order valence-corrected chi connectivity index (χ2v) is 3.83. The maximum absolute atomic E-state index is 9.91. The third-order valence-electron chi connectivity index (χ3n) is 3.18. The standard InChI is InChI=1S/C11H15NO/c1-11(12-2)9-6-4-3-5-8(9)7-10(11)13/h3-6,10,12-13H,7H2,1-2H3. The third-order valence-corrected chi connectivity index (χ3v) is 3.18. The highest BCUT2D eigenvalue weighted by atomic mass is 16.3. The summed E-state index contributed by atoms with van der Waals surface area (Å²) in [7, 11) is 1.89. The minimum Gasteiger partial charge on any atom is -0.391 e. The molecule has 0 saturated heterocycles. The number of aliphatic hydroxyl groups is 1. The Morgan fingerprint density at radius 1 is 1.46 bits per heavy atom. The molecule has 1 aromatic carbocycles. The fraction of sp³-hybridized carbons (Fsp3) is 0.455. The molecule has 0 radical (unpaired) electrons. The van der Waals surface area contributed by atoms with Crippen molar-refractivity contribution in [2.75, 3.05) is 7.05 Å². The van der Waals surface area contributed by atoms with Crippen LogP contribution in [0.15, 0.2) is 24.3 Å². The number of nitrogens with one attached hydrogen (secondary N) is 1. The quantitative estimate of drug-likeness (QED) is 0.671. The molecule has 0 heterocycles. The highest BCUT2D eigenvalue weighted by Crippen LogP contribution is 2.36. The fourth-order valence-electron chi connectivity index (χ4n) is 2.10. The Bertz CT molecular complexity index is 324. The average Bonchev–Trinajstić information content (AvgIpc) is 2.41. The van der Waals surface area contributed by atoms with E-state index in [2.05, 4.69) is 17.4 Å². The molecule has 70 valence electrons. The summed E-state index contributed by atoms with van der Waals surface area (Å²) in [6.45, 7) is 2.05. The first-order valence-electron chi connectivity index (χ1n) is 4.64. The van der Waals surface area contributed by atoms with E-state index in [0.717, 1.165) is 6.42 Å². The minimum atomic E-state index is -0.310. The summed E-state index contributed by atoms with van der Waals surface area (Å²) in [4.78, 5) is 0. The second-order valence-electron chi connectivity index (χ2n) is 3.83. The van der Waals surface area contributed by atoms with Crippen molar-refractivity contribution in [1.82, 2.24) is 5.32 Å². The van der Waals surface area contributed by atoms with Crippen LogP contribution >= 0.6 is 0 Å². The normalized spacial score (nSPS) is 31.8. The zero-order chi connectivity index (χ0) is 9.47. The van der Waals surface area contributed by atoms with Crippen LogP contribution < -0.4 is 5.32 Å². The van der Waals surface area contributed by atoms with E-state index in [9.17, 15) is 5.11 Å². The molecule has 0 amide bonds. The lowest BCUT2D eigenvalue weighted by Gasteiger charge is -2.28. The minimum absolute atomic E-state index is 0.267. The smallest absolute Gasteiger partial charge is 0.0801 e. The first-order valence-corrected chi connectivity index (χ1v) is 4.64. The Morgan fingerprint density at radius 3 is 2.85 bits per heavy atom. The molecule has 0 aliphatic heterocycles. The van der Waals surface area contributed by atoms with E-state index in [1.54, 1.807) is 0 Å². The van der Waals surface area contributed by atoms with Crippen molar-refractivity contribution < 1.29 is 5.11 Å². The number of rotatable bonds is 1. The molecule has 2 unspecified atom stereocenters. The van der Waals surface area contributed by atoms with Gasteiger partial charge in [0.15, 0.2) is 0 Å². The van der Waals surface area contributed by atoms with Crippen LogP contribution in [0.25, 0.3) is 0 Å². The summed E-state index contributed by atoms with van der Waals surface area (Å²) in [5.41, 5.74) is 2.22. The summed E-state index contributed by atoms with van der Waals surface area (Å²) in [6.07, 6.45) is 0.447. The molecule has 0 aromatic heterocycles. The van der Waals surface area contributed by atoms with Crippen LogP contribution in [-0.4, -0.2) is 18.3 Å². The van der Waals surface area contributed by atoms with Gasteiger partial charge in [0.2, 0.25) is 0 Å². The van der Waals surface area contributed by atoms with Gasteiger partial charge in [0.1, 0.15) is 0 Å². The average molecular weight is 177 g/mol. The molecule has 2 nitrogen and oxygen atoms in total. The summed E-state index contributed by atoms with van der Waals surface area (Å²) in [5.74, 6) is 0. The number of fused-ring (bicyclic) bond motifs is 1. The molecule has 0 fully saturated rings. The van der Waals surface area contributed by atoms with Gasteiger partial charge in [0.25, 0.3) is 0 Å². The van der Waals surface area contributed by atoms with Gasteiger partial charge in [-0.25, -0.2) is 0 Å². The molecule has 2 rings (SSSR count). The zero-order valence-electron chi connectivity index (χ0n) is 8.04. The number of hydrogen-bond donors (Lipinski definition) is 2. The predicted octanol–water partition coefficient (Wildman–Crippen LogP) is 1.04. The lowest BCUT2D eigenvalue weighted by molar-refractivity contribution is 0.0893. The van der Waals surface area contributed by atoms with Crippen LogP contribution in [0.1, 0.15) is 18.1 Å². The number of likely N-dealkylation sites (N-methyl/N-ethyl adjacent to an activating group) is 1. The SMILES string of the molecule is CNC1(C)c2ccccc2CC1O. The van der Waals surface area contributed by atoms with Gasteiger partial charge in [-0.05, 0) is 25.1 Å². The predicted molar refractivity (Wildman–Crippen MR) is 52.6 cm³/mol. The van der Waals surface area contributed by atoms with E-state index in [4.69, 9.17) is 0 Å². The first kappa shape index (κ1) is 8.73. The number of benzene rings is 1. The van der Waals surface area contributed by atoms with Crippen molar-refractivity contribution in [3.8, 4) is 0 Å². The van der Waals surface area contributed by atoms with E-state index in [0.29, 0.717) is 0 Å². The summed E-state index contributed by atoms with van der Waals surface area (Å²) in [5, 5.41) is 13.1. The van der Waals surface area contributed by atoms with Gasteiger partial charge in [0, 0.05) is 6.42 Å².